The lowest BCUT2D eigenvalue weighted by molar-refractivity contribution is -0.139. The summed E-state index contributed by atoms with van der Waals surface area (Å²) in [6.45, 7) is 9.67. The van der Waals surface area contributed by atoms with Crippen LogP contribution >= 0.6 is 0 Å². The molecule has 0 saturated heterocycles. The second-order valence-corrected chi connectivity index (χ2v) is 15.2. The Labute approximate surface area is 277 Å². The van der Waals surface area contributed by atoms with E-state index >= 15 is 0 Å². The van der Waals surface area contributed by atoms with Gasteiger partial charge in [0.25, 0.3) is 10.0 Å². The van der Waals surface area contributed by atoms with E-state index in [1.807, 2.05) is 32.9 Å². The van der Waals surface area contributed by atoms with Crippen LogP contribution in [0.3, 0.4) is 0 Å². The molecule has 0 bridgehead atoms. The van der Waals surface area contributed by atoms with Crippen LogP contribution in [0.5, 0.6) is 5.75 Å². The predicted octanol–water partition coefficient (Wildman–Crippen LogP) is 4.61. The molecule has 1 aromatic rings. The first kappa shape index (κ1) is 34.3. The summed E-state index contributed by atoms with van der Waals surface area (Å²) in [5.74, 6) is 0.610. The lowest BCUT2D eigenvalue weighted by Gasteiger charge is -2.24. The Hall–Kier alpha value is -4.06. The average molecular weight is 667 g/mol. The molecule has 6 atom stereocenters. The third-order valence-corrected chi connectivity index (χ3v) is 11.5. The number of rotatable bonds is 11. The lowest BCUT2D eigenvalue weighted by Crippen LogP contribution is -2.41. The molecular weight excluding hydrogens is 620 g/mol. The Bertz CT molecular complexity index is 1640. The van der Waals surface area contributed by atoms with Crippen molar-refractivity contribution >= 4 is 28.0 Å². The van der Waals surface area contributed by atoms with E-state index in [4.69, 9.17) is 15.2 Å². The van der Waals surface area contributed by atoms with Crippen molar-refractivity contribution in [3.8, 4) is 5.75 Å². The van der Waals surface area contributed by atoms with E-state index in [2.05, 4.69) is 51.5 Å². The number of guanidine groups is 1. The molecule has 0 spiro atoms. The number of aliphatic carboxylic acids is 1. The number of allylic oxidation sites excluding steroid dienone is 8. The highest BCUT2D eigenvalue weighted by atomic mass is 32.2. The molecule has 5 N–H and O–H groups in total. The fraction of sp³-hybridized carbons (Fsp3) is 0.514. The number of carboxylic acid groups (broad SMARTS) is 1. The lowest BCUT2D eigenvalue weighted by atomic mass is 9.83. The molecule has 3 aliphatic carbocycles. The molecule has 0 aromatic heterocycles. The van der Waals surface area contributed by atoms with Crippen molar-refractivity contribution in [2.24, 2.45) is 40.3 Å². The molecule has 4 aliphatic rings. The maximum atomic E-state index is 13.4. The SMILES string of the molecule is Cc1c(C)c(S(=O)(=O)NC(N)=NCCCC[C@@H](NC(=O)OCC2[C@H]3C=CC=C[C@H]3[C@H]3C=CC=C[C@@H]23)C(=O)O)c(C)c2c1OC(C)(C)C2. The zero-order valence-electron chi connectivity index (χ0n) is 27.7. The van der Waals surface area contributed by atoms with Crippen LogP contribution in [0.4, 0.5) is 4.79 Å². The summed E-state index contributed by atoms with van der Waals surface area (Å²) < 4.78 is 40.8. The number of aliphatic imine (C=N–C) groups is 1. The Morgan fingerprint density at radius 2 is 1.60 bits per heavy atom. The Kier molecular flexibility index (Phi) is 9.91. The van der Waals surface area contributed by atoms with E-state index in [0.717, 1.165) is 16.9 Å². The van der Waals surface area contributed by atoms with Gasteiger partial charge in [-0.05, 0) is 94.2 Å². The largest absolute Gasteiger partial charge is 0.487 e. The highest BCUT2D eigenvalue weighted by Crippen LogP contribution is 2.51. The van der Waals surface area contributed by atoms with Gasteiger partial charge in [-0.3, -0.25) is 4.99 Å². The molecule has 1 amide bonds. The number of nitrogens with one attached hydrogen (secondary N) is 2. The molecule has 1 unspecified atom stereocenters. The number of nitrogens with two attached hydrogens (primary N) is 1. The van der Waals surface area contributed by atoms with Crippen molar-refractivity contribution in [3.05, 3.63) is 70.9 Å². The van der Waals surface area contributed by atoms with Gasteiger partial charge in [0, 0.05) is 24.4 Å². The van der Waals surface area contributed by atoms with Gasteiger partial charge in [0.15, 0.2) is 0 Å². The predicted molar refractivity (Wildman–Crippen MR) is 180 cm³/mol. The molecule has 47 heavy (non-hydrogen) atoms. The van der Waals surface area contributed by atoms with Crippen LogP contribution < -0.4 is 20.5 Å². The third kappa shape index (κ3) is 7.27. The molecule has 5 rings (SSSR count). The minimum absolute atomic E-state index is 0.0999. The highest BCUT2D eigenvalue weighted by Gasteiger charge is 2.47. The first-order valence-electron chi connectivity index (χ1n) is 16.2. The minimum Gasteiger partial charge on any atom is -0.487 e. The van der Waals surface area contributed by atoms with Gasteiger partial charge in [-0.1, -0.05) is 48.6 Å². The minimum atomic E-state index is -4.02. The van der Waals surface area contributed by atoms with Crippen LogP contribution in [-0.4, -0.2) is 56.3 Å². The molecule has 1 aliphatic heterocycles. The molecule has 254 valence electrons. The Morgan fingerprint density at radius 1 is 1.00 bits per heavy atom. The van der Waals surface area contributed by atoms with Crippen LogP contribution in [0.25, 0.3) is 0 Å². The normalized spacial score (nSPS) is 25.8. The summed E-state index contributed by atoms with van der Waals surface area (Å²) in [4.78, 5) is 28.9. The van der Waals surface area contributed by atoms with Gasteiger partial charge in [0.2, 0.25) is 5.96 Å². The van der Waals surface area contributed by atoms with Crippen LogP contribution in [-0.2, 0) is 26.0 Å². The number of fused-ring (bicyclic) bond motifs is 4. The second kappa shape index (κ2) is 13.6. The number of sulfonamides is 1. The van der Waals surface area contributed by atoms with E-state index in [1.54, 1.807) is 13.8 Å². The topological polar surface area (TPSA) is 169 Å². The van der Waals surface area contributed by atoms with Crippen molar-refractivity contribution in [3.63, 3.8) is 0 Å². The summed E-state index contributed by atoms with van der Waals surface area (Å²) >= 11 is 0. The standard InChI is InChI=1S/C35H46N4O7S/c1-20-21(2)31(22(3)27-18-35(4,5)46-30(20)27)47(43,44)39-33(36)37-17-11-10-16-29(32(40)41)38-34(42)45-19-28-25-14-8-6-12-23(25)24-13-7-9-15-26(24)28/h6-9,12-15,23-26,28-29H,10-11,16-19H2,1-5H3,(H,38,42)(H,40,41)(H3,36,37,39)/t23-,24+,25-,26+,28?,29-/m1/s1. The smallest absolute Gasteiger partial charge is 0.407 e. The highest BCUT2D eigenvalue weighted by molar-refractivity contribution is 7.90. The van der Waals surface area contributed by atoms with Crippen LogP contribution in [0, 0.1) is 50.4 Å². The number of ether oxygens (including phenoxy) is 2. The summed E-state index contributed by atoms with van der Waals surface area (Å²) in [5.41, 5.74) is 8.41. The van der Waals surface area contributed by atoms with Crippen molar-refractivity contribution < 1.29 is 32.6 Å². The van der Waals surface area contributed by atoms with Gasteiger partial charge >= 0.3 is 12.1 Å². The molecule has 12 heteroatoms. The number of hydrogen-bond acceptors (Lipinski definition) is 7. The molecule has 1 saturated carbocycles. The molecular formula is C35H46N4O7S. The molecule has 0 radical (unpaired) electrons. The van der Waals surface area contributed by atoms with Crippen LogP contribution in [0.1, 0.15) is 55.4 Å². The quantitative estimate of drug-likeness (QED) is 0.151. The monoisotopic (exact) mass is 666 g/mol. The molecule has 11 nitrogen and oxygen atoms in total. The van der Waals surface area contributed by atoms with Crippen molar-refractivity contribution in [1.82, 2.24) is 10.0 Å². The number of carboxylic acids is 1. The van der Waals surface area contributed by atoms with Crippen molar-refractivity contribution in [1.29, 1.82) is 0 Å². The Balaban J connectivity index is 1.10. The number of carbonyl (C=O) groups is 2. The number of nitrogens with zero attached hydrogens (tertiary/aromatic N) is 1. The van der Waals surface area contributed by atoms with E-state index in [-0.39, 0.29) is 48.2 Å². The summed E-state index contributed by atoms with van der Waals surface area (Å²) in [6, 6.07) is -1.13. The zero-order valence-corrected chi connectivity index (χ0v) is 28.5. The van der Waals surface area contributed by atoms with E-state index in [9.17, 15) is 23.1 Å². The number of alkyl carbamates (subject to hydrolysis) is 1. The van der Waals surface area contributed by atoms with Gasteiger partial charge < -0.3 is 25.6 Å². The van der Waals surface area contributed by atoms with Gasteiger partial charge in [-0.15, -0.1) is 0 Å². The number of unbranched alkanes of at least 4 members (excludes halogenated alkanes) is 1. The van der Waals surface area contributed by atoms with Gasteiger partial charge in [0.1, 0.15) is 17.4 Å². The maximum Gasteiger partial charge on any atom is 0.407 e. The number of benzene rings is 1. The summed E-state index contributed by atoms with van der Waals surface area (Å²) in [7, 11) is -4.02. The van der Waals surface area contributed by atoms with Gasteiger partial charge in [-0.25, -0.2) is 22.7 Å². The van der Waals surface area contributed by atoms with E-state index in [0.29, 0.717) is 42.2 Å². The van der Waals surface area contributed by atoms with Crippen LogP contribution in [0.15, 0.2) is 58.5 Å². The third-order valence-electron chi connectivity index (χ3n) is 9.86. The maximum absolute atomic E-state index is 13.4. The average Bonchev–Trinajstić information content (AvgIpc) is 3.51. The molecule has 1 heterocycles. The molecule has 1 aromatic carbocycles. The number of carbonyl (C=O) groups excluding carboxylic acids is 1. The van der Waals surface area contributed by atoms with E-state index in [1.165, 1.54) is 0 Å². The zero-order chi connectivity index (χ0) is 34.1. The van der Waals surface area contributed by atoms with Gasteiger partial charge in [0.05, 0.1) is 11.5 Å². The first-order valence-corrected chi connectivity index (χ1v) is 17.7. The summed E-state index contributed by atoms with van der Waals surface area (Å²) in [6.07, 6.45) is 17.8. The number of hydrogen-bond donors (Lipinski definition) is 4. The van der Waals surface area contributed by atoms with Crippen molar-refractivity contribution in [2.75, 3.05) is 13.2 Å². The molecule has 1 fully saturated rings. The van der Waals surface area contributed by atoms with Crippen molar-refractivity contribution in [2.45, 2.75) is 76.8 Å². The Morgan fingerprint density at radius 3 is 2.19 bits per heavy atom. The fourth-order valence-electron chi connectivity index (χ4n) is 7.53. The first-order chi connectivity index (χ1) is 22.2. The fourth-order valence-corrected chi connectivity index (χ4v) is 9.05. The number of amides is 1. The van der Waals surface area contributed by atoms with Crippen LogP contribution in [0.2, 0.25) is 0 Å². The van der Waals surface area contributed by atoms with E-state index < -0.39 is 33.7 Å². The second-order valence-electron chi connectivity index (χ2n) is 13.6. The summed E-state index contributed by atoms with van der Waals surface area (Å²) in [5, 5.41) is 12.2. The van der Waals surface area contributed by atoms with Gasteiger partial charge in [-0.2, -0.15) is 0 Å².